The molecule has 0 atom stereocenters. The van der Waals surface area contributed by atoms with E-state index in [-0.39, 0.29) is 16.8 Å². The minimum Gasteiger partial charge on any atom is -0.398 e. The number of carbonyl (C=O) groups is 1. The summed E-state index contributed by atoms with van der Waals surface area (Å²) in [7, 11) is 0. The molecule has 86 valence electrons. The molecule has 17 heavy (non-hydrogen) atoms. The Hall–Kier alpha value is -2.23. The number of ketones is 1. The summed E-state index contributed by atoms with van der Waals surface area (Å²) in [6.45, 7) is 0. The predicted molar refractivity (Wildman–Crippen MR) is 60.6 cm³/mol. The summed E-state index contributed by atoms with van der Waals surface area (Å²) in [5, 5.41) is 0. The number of halogens is 2. The molecule has 2 rings (SSSR count). The third-order valence-electron chi connectivity index (χ3n) is 2.40. The highest BCUT2D eigenvalue weighted by molar-refractivity contribution is 6.12. The lowest BCUT2D eigenvalue weighted by Gasteiger charge is -2.05. The SMILES string of the molecule is Nc1ccccc1C(=O)c1cccc(F)c1F. The van der Waals surface area contributed by atoms with E-state index >= 15 is 0 Å². The van der Waals surface area contributed by atoms with Gasteiger partial charge in [-0.25, -0.2) is 8.78 Å². The van der Waals surface area contributed by atoms with Crippen LogP contribution in [0.25, 0.3) is 0 Å². The van der Waals surface area contributed by atoms with Gasteiger partial charge in [0, 0.05) is 11.3 Å². The van der Waals surface area contributed by atoms with Gasteiger partial charge in [0.05, 0.1) is 5.56 Å². The molecule has 0 aliphatic rings. The monoisotopic (exact) mass is 233 g/mol. The highest BCUT2D eigenvalue weighted by atomic mass is 19.2. The summed E-state index contributed by atoms with van der Waals surface area (Å²) >= 11 is 0. The summed E-state index contributed by atoms with van der Waals surface area (Å²) in [5.41, 5.74) is 5.69. The zero-order chi connectivity index (χ0) is 12.4. The lowest BCUT2D eigenvalue weighted by atomic mass is 10.0. The molecular formula is C13H9F2NO. The number of carbonyl (C=O) groups excluding carboxylic acids is 1. The van der Waals surface area contributed by atoms with Crippen molar-refractivity contribution in [2.24, 2.45) is 0 Å². The predicted octanol–water partition coefficient (Wildman–Crippen LogP) is 2.78. The van der Waals surface area contributed by atoms with Gasteiger partial charge in [0.2, 0.25) is 0 Å². The number of anilines is 1. The summed E-state index contributed by atoms with van der Waals surface area (Å²) < 4.78 is 26.4. The minimum absolute atomic E-state index is 0.164. The fraction of sp³-hybridized carbons (Fsp3) is 0. The van der Waals surface area contributed by atoms with E-state index in [2.05, 4.69) is 0 Å². The average Bonchev–Trinajstić information content (AvgIpc) is 2.32. The van der Waals surface area contributed by atoms with Crippen LogP contribution in [-0.4, -0.2) is 5.78 Å². The van der Waals surface area contributed by atoms with Crippen molar-refractivity contribution in [1.82, 2.24) is 0 Å². The van der Waals surface area contributed by atoms with Crippen LogP contribution >= 0.6 is 0 Å². The van der Waals surface area contributed by atoms with Gasteiger partial charge in [-0.05, 0) is 24.3 Å². The van der Waals surface area contributed by atoms with E-state index in [0.29, 0.717) is 0 Å². The van der Waals surface area contributed by atoms with Crippen molar-refractivity contribution in [3.63, 3.8) is 0 Å². The van der Waals surface area contributed by atoms with E-state index in [4.69, 9.17) is 5.73 Å². The maximum absolute atomic E-state index is 13.4. The van der Waals surface area contributed by atoms with Crippen LogP contribution in [0.15, 0.2) is 42.5 Å². The number of nitrogen functional groups attached to an aromatic ring is 1. The molecule has 0 amide bonds. The number of hydrogen-bond donors (Lipinski definition) is 1. The Morgan fingerprint density at radius 3 is 2.29 bits per heavy atom. The van der Waals surface area contributed by atoms with Gasteiger partial charge in [-0.2, -0.15) is 0 Å². The first-order valence-electron chi connectivity index (χ1n) is 4.94. The highest BCUT2D eigenvalue weighted by Gasteiger charge is 2.18. The quantitative estimate of drug-likeness (QED) is 0.640. The standard InChI is InChI=1S/C13H9F2NO/c14-10-6-3-5-9(12(10)15)13(17)8-4-1-2-7-11(8)16/h1-7H,16H2. The molecule has 2 aromatic carbocycles. The molecular weight excluding hydrogens is 224 g/mol. The third kappa shape index (κ3) is 2.01. The fourth-order valence-corrected chi connectivity index (χ4v) is 1.53. The van der Waals surface area contributed by atoms with Gasteiger partial charge in [-0.1, -0.05) is 18.2 Å². The van der Waals surface area contributed by atoms with Crippen molar-refractivity contribution in [1.29, 1.82) is 0 Å². The molecule has 0 aromatic heterocycles. The van der Waals surface area contributed by atoms with Crippen molar-refractivity contribution < 1.29 is 13.6 Å². The van der Waals surface area contributed by atoms with E-state index < -0.39 is 17.4 Å². The van der Waals surface area contributed by atoms with E-state index in [1.54, 1.807) is 12.1 Å². The van der Waals surface area contributed by atoms with Crippen molar-refractivity contribution in [2.45, 2.75) is 0 Å². The van der Waals surface area contributed by atoms with Crippen molar-refractivity contribution in [3.05, 3.63) is 65.2 Å². The van der Waals surface area contributed by atoms with Gasteiger partial charge in [-0.15, -0.1) is 0 Å². The molecule has 0 radical (unpaired) electrons. The molecule has 2 N–H and O–H groups in total. The van der Waals surface area contributed by atoms with Crippen LogP contribution in [0, 0.1) is 11.6 Å². The Balaban J connectivity index is 2.52. The first-order valence-corrected chi connectivity index (χ1v) is 4.94. The van der Waals surface area contributed by atoms with Crippen LogP contribution in [0.4, 0.5) is 14.5 Å². The van der Waals surface area contributed by atoms with Crippen LogP contribution < -0.4 is 5.73 Å². The topological polar surface area (TPSA) is 43.1 Å². The summed E-state index contributed by atoms with van der Waals surface area (Å²) in [5.74, 6) is -2.83. The number of nitrogens with two attached hydrogens (primary N) is 1. The first-order chi connectivity index (χ1) is 8.11. The van der Waals surface area contributed by atoms with E-state index in [9.17, 15) is 13.6 Å². The van der Waals surface area contributed by atoms with E-state index in [1.165, 1.54) is 24.3 Å². The summed E-state index contributed by atoms with van der Waals surface area (Å²) in [6.07, 6.45) is 0. The molecule has 2 nitrogen and oxygen atoms in total. The number of hydrogen-bond acceptors (Lipinski definition) is 2. The molecule has 4 heteroatoms. The van der Waals surface area contributed by atoms with Crippen LogP contribution in [0.3, 0.4) is 0 Å². The average molecular weight is 233 g/mol. The molecule has 0 aliphatic carbocycles. The molecule has 0 heterocycles. The number of para-hydroxylation sites is 1. The normalized spacial score (nSPS) is 10.2. The van der Waals surface area contributed by atoms with Crippen LogP contribution in [0.2, 0.25) is 0 Å². The molecule has 0 saturated carbocycles. The van der Waals surface area contributed by atoms with Crippen molar-refractivity contribution in [3.8, 4) is 0 Å². The summed E-state index contributed by atoms with van der Waals surface area (Å²) in [4.78, 5) is 12.0. The molecule has 0 spiro atoms. The van der Waals surface area contributed by atoms with Gasteiger partial charge >= 0.3 is 0 Å². The van der Waals surface area contributed by atoms with Crippen LogP contribution in [0.1, 0.15) is 15.9 Å². The van der Waals surface area contributed by atoms with Gasteiger partial charge < -0.3 is 5.73 Å². The summed E-state index contributed by atoms with van der Waals surface area (Å²) in [6, 6.07) is 9.75. The first kappa shape index (κ1) is 11.3. The Labute approximate surface area is 96.7 Å². The number of rotatable bonds is 2. The third-order valence-corrected chi connectivity index (χ3v) is 2.40. The van der Waals surface area contributed by atoms with Gasteiger partial charge in [0.25, 0.3) is 0 Å². The second-order valence-electron chi connectivity index (χ2n) is 3.52. The minimum atomic E-state index is -1.15. The van der Waals surface area contributed by atoms with Crippen molar-refractivity contribution >= 4 is 11.5 Å². The van der Waals surface area contributed by atoms with Crippen molar-refractivity contribution in [2.75, 3.05) is 5.73 Å². The molecule has 0 saturated heterocycles. The van der Waals surface area contributed by atoms with Crippen LogP contribution in [-0.2, 0) is 0 Å². The Morgan fingerprint density at radius 1 is 0.941 bits per heavy atom. The Kier molecular flexibility index (Phi) is 2.87. The second kappa shape index (κ2) is 4.33. The van der Waals surface area contributed by atoms with Crippen LogP contribution in [0.5, 0.6) is 0 Å². The van der Waals surface area contributed by atoms with E-state index in [0.717, 1.165) is 6.07 Å². The maximum atomic E-state index is 13.4. The molecule has 0 fully saturated rings. The smallest absolute Gasteiger partial charge is 0.198 e. The molecule has 2 aromatic rings. The lowest BCUT2D eigenvalue weighted by Crippen LogP contribution is -2.08. The zero-order valence-electron chi connectivity index (χ0n) is 8.78. The fourth-order valence-electron chi connectivity index (χ4n) is 1.53. The highest BCUT2D eigenvalue weighted by Crippen LogP contribution is 2.19. The Bertz CT molecular complexity index is 581. The largest absolute Gasteiger partial charge is 0.398 e. The zero-order valence-corrected chi connectivity index (χ0v) is 8.78. The molecule has 0 bridgehead atoms. The molecule has 0 aliphatic heterocycles. The van der Waals surface area contributed by atoms with Gasteiger partial charge in [0.1, 0.15) is 0 Å². The van der Waals surface area contributed by atoms with Gasteiger partial charge in [0.15, 0.2) is 17.4 Å². The Morgan fingerprint density at radius 2 is 1.59 bits per heavy atom. The second-order valence-corrected chi connectivity index (χ2v) is 3.52. The van der Waals surface area contributed by atoms with Gasteiger partial charge in [-0.3, -0.25) is 4.79 Å². The lowest BCUT2D eigenvalue weighted by molar-refractivity contribution is 0.103. The number of benzene rings is 2. The maximum Gasteiger partial charge on any atom is 0.198 e. The van der Waals surface area contributed by atoms with E-state index in [1.807, 2.05) is 0 Å². The molecule has 0 unspecified atom stereocenters.